The van der Waals surface area contributed by atoms with Gasteiger partial charge in [0.05, 0.1) is 12.2 Å². The number of rotatable bonds is 4. The van der Waals surface area contributed by atoms with Crippen molar-refractivity contribution in [3.8, 4) is 0 Å². The highest BCUT2D eigenvalue weighted by Gasteiger charge is 2.17. The van der Waals surface area contributed by atoms with E-state index in [1.54, 1.807) is 12.1 Å². The van der Waals surface area contributed by atoms with Gasteiger partial charge in [0, 0.05) is 27.3 Å². The molecule has 0 aliphatic carbocycles. The van der Waals surface area contributed by atoms with Gasteiger partial charge in [0.25, 0.3) is 0 Å². The summed E-state index contributed by atoms with van der Waals surface area (Å²) >= 11 is 3.38. The number of benzene rings is 1. The molecule has 5 heteroatoms. The summed E-state index contributed by atoms with van der Waals surface area (Å²) in [6, 6.07) is 5.21. The van der Waals surface area contributed by atoms with Crippen molar-refractivity contribution in [3.63, 3.8) is 0 Å². The highest BCUT2D eigenvalue weighted by atomic mass is 79.9. The lowest BCUT2D eigenvalue weighted by Gasteiger charge is -2.11. The zero-order valence-electron chi connectivity index (χ0n) is 12.2. The number of nitrogens with zero attached hydrogens (tertiary/aromatic N) is 2. The average Bonchev–Trinajstić information content (AvgIpc) is 2.68. The second kappa shape index (κ2) is 6.06. The van der Waals surface area contributed by atoms with Gasteiger partial charge >= 0.3 is 0 Å². The van der Waals surface area contributed by atoms with Gasteiger partial charge in [0.1, 0.15) is 5.82 Å². The van der Waals surface area contributed by atoms with Crippen LogP contribution in [0.5, 0.6) is 0 Å². The van der Waals surface area contributed by atoms with Crippen LogP contribution >= 0.6 is 15.9 Å². The first-order valence-electron chi connectivity index (χ1n) is 6.59. The van der Waals surface area contributed by atoms with Gasteiger partial charge in [-0.3, -0.25) is 4.68 Å². The van der Waals surface area contributed by atoms with Gasteiger partial charge in [-0.1, -0.05) is 15.9 Å². The molecule has 0 aliphatic rings. The van der Waals surface area contributed by atoms with E-state index in [1.807, 2.05) is 25.6 Å². The third kappa shape index (κ3) is 2.94. The molecule has 1 unspecified atom stereocenters. The summed E-state index contributed by atoms with van der Waals surface area (Å²) in [6.07, 6.45) is 0. The number of hydrogen-bond donors (Lipinski definition) is 1. The van der Waals surface area contributed by atoms with Crippen molar-refractivity contribution >= 4 is 15.9 Å². The molecular weight excluding hydrogens is 321 g/mol. The summed E-state index contributed by atoms with van der Waals surface area (Å²) in [5, 5.41) is 7.77. The average molecular weight is 340 g/mol. The molecule has 0 aliphatic heterocycles. The Hall–Kier alpha value is -1.20. The molecule has 108 valence electrons. The molecule has 0 saturated heterocycles. The maximum Gasteiger partial charge on any atom is 0.128 e. The second-order valence-electron chi connectivity index (χ2n) is 4.99. The number of aromatic nitrogens is 2. The topological polar surface area (TPSA) is 29.9 Å². The molecular formula is C15H19BrFN3. The van der Waals surface area contributed by atoms with Gasteiger partial charge in [-0.2, -0.15) is 5.10 Å². The molecule has 1 atom stereocenters. The third-order valence-electron chi connectivity index (χ3n) is 3.63. The van der Waals surface area contributed by atoms with Gasteiger partial charge in [0.15, 0.2) is 0 Å². The van der Waals surface area contributed by atoms with Crippen LogP contribution in [0, 0.1) is 19.7 Å². The van der Waals surface area contributed by atoms with Crippen LogP contribution in [0.3, 0.4) is 0 Å². The van der Waals surface area contributed by atoms with E-state index in [1.165, 1.54) is 11.6 Å². The molecule has 1 N–H and O–H groups in total. The predicted octanol–water partition coefficient (Wildman–Crippen LogP) is 3.73. The monoisotopic (exact) mass is 339 g/mol. The first kappa shape index (κ1) is 15.2. The summed E-state index contributed by atoms with van der Waals surface area (Å²) in [5.74, 6) is -0.205. The van der Waals surface area contributed by atoms with Crippen molar-refractivity contribution in [1.29, 1.82) is 0 Å². The summed E-state index contributed by atoms with van der Waals surface area (Å²) in [7, 11) is 1.93. The molecule has 20 heavy (non-hydrogen) atoms. The Morgan fingerprint density at radius 3 is 2.75 bits per heavy atom. The zero-order valence-corrected chi connectivity index (χ0v) is 13.8. The standard InChI is InChI=1S/C15H19BrFN3/c1-9(18-4)15-10(2)19-20(11(15)3)8-12-7-13(16)5-6-14(12)17/h5-7,9,18H,8H2,1-4H3. The molecule has 1 aromatic carbocycles. The Balaban J connectivity index is 2.37. The number of nitrogens with one attached hydrogen (secondary N) is 1. The maximum atomic E-state index is 13.8. The fourth-order valence-corrected chi connectivity index (χ4v) is 2.87. The molecule has 0 bridgehead atoms. The molecule has 0 radical (unpaired) electrons. The first-order valence-corrected chi connectivity index (χ1v) is 7.38. The summed E-state index contributed by atoms with van der Waals surface area (Å²) < 4.78 is 16.6. The normalized spacial score (nSPS) is 12.7. The Labute approximate surface area is 127 Å². The summed E-state index contributed by atoms with van der Waals surface area (Å²) in [4.78, 5) is 0. The van der Waals surface area contributed by atoms with Gasteiger partial charge in [-0.25, -0.2) is 4.39 Å². The highest BCUT2D eigenvalue weighted by Crippen LogP contribution is 2.23. The Kier molecular flexibility index (Phi) is 4.60. The van der Waals surface area contributed by atoms with Crippen LogP contribution < -0.4 is 5.32 Å². The van der Waals surface area contributed by atoms with Crippen molar-refractivity contribution in [2.75, 3.05) is 7.05 Å². The van der Waals surface area contributed by atoms with Crippen molar-refractivity contribution in [3.05, 3.63) is 51.0 Å². The van der Waals surface area contributed by atoms with E-state index in [9.17, 15) is 4.39 Å². The smallest absolute Gasteiger partial charge is 0.128 e. The predicted molar refractivity (Wildman–Crippen MR) is 82.4 cm³/mol. The number of aryl methyl sites for hydroxylation is 1. The molecule has 1 heterocycles. The van der Waals surface area contributed by atoms with E-state index in [0.717, 1.165) is 15.9 Å². The summed E-state index contributed by atoms with van der Waals surface area (Å²) in [5.41, 5.74) is 3.88. The minimum atomic E-state index is -0.205. The van der Waals surface area contributed by atoms with E-state index in [2.05, 4.69) is 33.3 Å². The molecule has 1 aromatic heterocycles. The molecule has 0 amide bonds. The second-order valence-corrected chi connectivity index (χ2v) is 5.90. The lowest BCUT2D eigenvalue weighted by atomic mass is 10.1. The summed E-state index contributed by atoms with van der Waals surface area (Å²) in [6.45, 7) is 6.55. The maximum absolute atomic E-state index is 13.8. The van der Waals surface area contributed by atoms with Crippen LogP contribution in [0.25, 0.3) is 0 Å². The van der Waals surface area contributed by atoms with Crippen molar-refractivity contribution in [2.45, 2.75) is 33.4 Å². The Morgan fingerprint density at radius 2 is 2.10 bits per heavy atom. The fourth-order valence-electron chi connectivity index (χ4n) is 2.46. The SMILES string of the molecule is CNC(C)c1c(C)nn(Cc2cc(Br)ccc2F)c1C. The van der Waals surface area contributed by atoms with Crippen LogP contribution in [0.15, 0.2) is 22.7 Å². The van der Waals surface area contributed by atoms with E-state index in [0.29, 0.717) is 12.1 Å². The minimum Gasteiger partial charge on any atom is -0.313 e. The van der Waals surface area contributed by atoms with Crippen LogP contribution in [-0.4, -0.2) is 16.8 Å². The molecule has 2 rings (SSSR count). The Bertz CT molecular complexity index is 622. The van der Waals surface area contributed by atoms with Crippen LogP contribution in [0.2, 0.25) is 0 Å². The fraction of sp³-hybridized carbons (Fsp3) is 0.400. The van der Waals surface area contributed by atoms with Crippen LogP contribution in [0.1, 0.15) is 35.5 Å². The van der Waals surface area contributed by atoms with Gasteiger partial charge in [-0.05, 0) is 46.0 Å². The van der Waals surface area contributed by atoms with Crippen molar-refractivity contribution < 1.29 is 4.39 Å². The van der Waals surface area contributed by atoms with Crippen molar-refractivity contribution in [2.24, 2.45) is 0 Å². The van der Waals surface area contributed by atoms with Gasteiger partial charge in [0.2, 0.25) is 0 Å². The molecule has 3 nitrogen and oxygen atoms in total. The first-order chi connectivity index (χ1) is 9.43. The highest BCUT2D eigenvalue weighted by molar-refractivity contribution is 9.10. The quantitative estimate of drug-likeness (QED) is 0.919. The molecule has 0 fully saturated rings. The van der Waals surface area contributed by atoms with E-state index >= 15 is 0 Å². The van der Waals surface area contributed by atoms with E-state index in [4.69, 9.17) is 0 Å². The largest absolute Gasteiger partial charge is 0.313 e. The number of halogens is 2. The lowest BCUT2D eigenvalue weighted by Crippen LogP contribution is -2.14. The molecule has 0 spiro atoms. The van der Waals surface area contributed by atoms with E-state index < -0.39 is 0 Å². The van der Waals surface area contributed by atoms with E-state index in [-0.39, 0.29) is 11.9 Å². The third-order valence-corrected chi connectivity index (χ3v) is 4.12. The molecule has 0 saturated carbocycles. The van der Waals surface area contributed by atoms with Gasteiger partial charge < -0.3 is 5.32 Å². The van der Waals surface area contributed by atoms with Gasteiger partial charge in [-0.15, -0.1) is 0 Å². The van der Waals surface area contributed by atoms with Crippen LogP contribution in [0.4, 0.5) is 4.39 Å². The lowest BCUT2D eigenvalue weighted by molar-refractivity contribution is 0.576. The minimum absolute atomic E-state index is 0.205. The van der Waals surface area contributed by atoms with Crippen LogP contribution in [-0.2, 0) is 6.54 Å². The zero-order chi connectivity index (χ0) is 14.9. The van der Waals surface area contributed by atoms with Crippen molar-refractivity contribution in [1.82, 2.24) is 15.1 Å². The Morgan fingerprint density at radius 1 is 1.40 bits per heavy atom. The number of hydrogen-bond acceptors (Lipinski definition) is 2. The molecule has 2 aromatic rings.